The third-order valence-electron chi connectivity index (χ3n) is 6.81. The van der Waals surface area contributed by atoms with Gasteiger partial charge in [-0.05, 0) is 80.6 Å². The molecule has 1 unspecified atom stereocenters. The standard InChI is InChI=1S/C33H43ClN2O3/c1-4-6-8-10-11-13-15-26-23-35-32(36-24-26)27-16-19-29(20-17-27)39-33(37)28-18-21-31(30(34)22-28)38-25(3)14-12-9-7-5-2/h16-25H,4-15H2,1-3H3. The minimum Gasteiger partial charge on any atom is -0.489 e. The monoisotopic (exact) mass is 550 g/mol. The first kappa shape index (κ1) is 30.6. The molecule has 39 heavy (non-hydrogen) atoms. The predicted octanol–water partition coefficient (Wildman–Crippen LogP) is 9.66. The first-order chi connectivity index (χ1) is 19.0. The van der Waals surface area contributed by atoms with Gasteiger partial charge in [-0.1, -0.05) is 76.8 Å². The molecule has 3 rings (SSSR count). The Bertz CT molecular complexity index is 1130. The first-order valence-electron chi connectivity index (χ1n) is 14.6. The average Bonchev–Trinajstić information content (AvgIpc) is 2.95. The van der Waals surface area contributed by atoms with Crippen molar-refractivity contribution in [1.82, 2.24) is 9.97 Å². The molecule has 6 heteroatoms. The van der Waals surface area contributed by atoms with E-state index in [1.807, 2.05) is 31.5 Å². The molecule has 0 N–H and O–H groups in total. The number of nitrogens with zero attached hydrogens (tertiary/aromatic N) is 2. The number of ether oxygens (including phenoxy) is 2. The van der Waals surface area contributed by atoms with Gasteiger partial charge in [-0.3, -0.25) is 0 Å². The van der Waals surface area contributed by atoms with E-state index >= 15 is 0 Å². The van der Waals surface area contributed by atoms with Crippen LogP contribution in [0, 0.1) is 0 Å². The van der Waals surface area contributed by atoms with Crippen LogP contribution in [0.4, 0.5) is 0 Å². The minimum absolute atomic E-state index is 0.0659. The summed E-state index contributed by atoms with van der Waals surface area (Å²) in [5.74, 6) is 1.21. The second kappa shape index (κ2) is 16.9. The summed E-state index contributed by atoms with van der Waals surface area (Å²) < 4.78 is 11.5. The quantitative estimate of drug-likeness (QED) is 0.0950. The van der Waals surface area contributed by atoms with Crippen molar-refractivity contribution in [3.8, 4) is 22.9 Å². The van der Waals surface area contributed by atoms with Crippen LogP contribution in [0.15, 0.2) is 54.9 Å². The van der Waals surface area contributed by atoms with Crippen molar-refractivity contribution < 1.29 is 14.3 Å². The van der Waals surface area contributed by atoms with Crippen LogP contribution in [-0.4, -0.2) is 22.0 Å². The fourth-order valence-electron chi connectivity index (χ4n) is 4.44. The second-order valence-corrected chi connectivity index (χ2v) is 10.7. The van der Waals surface area contributed by atoms with Crippen molar-refractivity contribution in [2.75, 3.05) is 0 Å². The Morgan fingerprint density at radius 3 is 2.15 bits per heavy atom. The van der Waals surface area contributed by atoms with Gasteiger partial charge in [0.05, 0.1) is 16.7 Å². The van der Waals surface area contributed by atoms with E-state index in [2.05, 4.69) is 23.8 Å². The molecule has 5 nitrogen and oxygen atoms in total. The Kier molecular flexibility index (Phi) is 13.3. The van der Waals surface area contributed by atoms with Crippen LogP contribution in [0.25, 0.3) is 11.4 Å². The molecule has 0 amide bonds. The van der Waals surface area contributed by atoms with Gasteiger partial charge in [0, 0.05) is 18.0 Å². The average molecular weight is 551 g/mol. The number of benzene rings is 2. The number of esters is 1. The number of unbranched alkanes of at least 4 members (excludes halogenated alkanes) is 8. The molecule has 0 aliphatic carbocycles. The molecule has 1 aromatic heterocycles. The molecule has 0 aliphatic heterocycles. The number of aryl methyl sites for hydroxylation is 1. The topological polar surface area (TPSA) is 61.3 Å². The molecule has 1 heterocycles. The van der Waals surface area contributed by atoms with Gasteiger partial charge in [0.1, 0.15) is 11.5 Å². The number of hydrogen-bond donors (Lipinski definition) is 0. The van der Waals surface area contributed by atoms with E-state index in [1.54, 1.807) is 30.3 Å². The molecule has 2 aromatic carbocycles. The van der Waals surface area contributed by atoms with Gasteiger partial charge >= 0.3 is 5.97 Å². The Morgan fingerprint density at radius 1 is 0.846 bits per heavy atom. The summed E-state index contributed by atoms with van der Waals surface area (Å²) in [6.07, 6.45) is 18.3. The highest BCUT2D eigenvalue weighted by atomic mass is 35.5. The Morgan fingerprint density at radius 2 is 1.49 bits per heavy atom. The summed E-state index contributed by atoms with van der Waals surface area (Å²) in [6, 6.07) is 12.2. The molecular formula is C33H43ClN2O3. The number of rotatable bonds is 17. The molecule has 3 aromatic rings. The lowest BCUT2D eigenvalue weighted by molar-refractivity contribution is 0.0734. The smallest absolute Gasteiger partial charge is 0.343 e. The third-order valence-corrected chi connectivity index (χ3v) is 7.10. The van der Waals surface area contributed by atoms with E-state index in [9.17, 15) is 4.79 Å². The lowest BCUT2D eigenvalue weighted by Crippen LogP contribution is -2.13. The number of carbonyl (C=O) groups excluding carboxylic acids is 1. The summed E-state index contributed by atoms with van der Waals surface area (Å²) in [7, 11) is 0. The predicted molar refractivity (Wildman–Crippen MR) is 160 cm³/mol. The number of aromatic nitrogens is 2. The largest absolute Gasteiger partial charge is 0.489 e. The van der Waals surface area contributed by atoms with Crippen LogP contribution in [0.5, 0.6) is 11.5 Å². The Hall–Kier alpha value is -2.92. The maximum Gasteiger partial charge on any atom is 0.343 e. The first-order valence-corrected chi connectivity index (χ1v) is 15.0. The number of halogens is 1. The molecule has 210 valence electrons. The van der Waals surface area contributed by atoms with E-state index in [-0.39, 0.29) is 6.10 Å². The van der Waals surface area contributed by atoms with Crippen molar-refractivity contribution in [1.29, 1.82) is 0 Å². The molecule has 1 atom stereocenters. The lowest BCUT2D eigenvalue weighted by Gasteiger charge is -2.16. The maximum absolute atomic E-state index is 12.7. The zero-order valence-electron chi connectivity index (χ0n) is 23.8. The summed E-state index contributed by atoms with van der Waals surface area (Å²) in [5, 5.41) is 0.400. The molecule has 0 bridgehead atoms. The van der Waals surface area contributed by atoms with Crippen molar-refractivity contribution in [2.24, 2.45) is 0 Å². The van der Waals surface area contributed by atoms with Gasteiger partial charge in [-0.2, -0.15) is 0 Å². The molecule has 0 aliphatic rings. The molecule has 0 saturated carbocycles. The molecule has 0 saturated heterocycles. The normalized spacial score (nSPS) is 11.8. The second-order valence-electron chi connectivity index (χ2n) is 10.3. The lowest BCUT2D eigenvalue weighted by atomic mass is 10.1. The van der Waals surface area contributed by atoms with Crippen molar-refractivity contribution in [2.45, 2.75) is 104 Å². The van der Waals surface area contributed by atoms with E-state index < -0.39 is 5.97 Å². The van der Waals surface area contributed by atoms with E-state index in [0.29, 0.717) is 27.9 Å². The van der Waals surface area contributed by atoms with E-state index in [4.69, 9.17) is 21.1 Å². The van der Waals surface area contributed by atoms with Crippen molar-refractivity contribution in [3.63, 3.8) is 0 Å². The van der Waals surface area contributed by atoms with Crippen LogP contribution in [0.2, 0.25) is 5.02 Å². The Labute approximate surface area is 239 Å². The SMILES string of the molecule is CCCCCCCCc1cnc(-c2ccc(OC(=O)c3ccc(OC(C)CCCCCC)c(Cl)c3)cc2)nc1. The highest BCUT2D eigenvalue weighted by Crippen LogP contribution is 2.28. The fraction of sp³-hybridized carbons (Fsp3) is 0.485. The zero-order valence-corrected chi connectivity index (χ0v) is 24.5. The van der Waals surface area contributed by atoms with Gasteiger partial charge in [-0.25, -0.2) is 14.8 Å². The fourth-order valence-corrected chi connectivity index (χ4v) is 4.66. The summed E-state index contributed by atoms with van der Waals surface area (Å²) in [5.41, 5.74) is 2.40. The highest BCUT2D eigenvalue weighted by molar-refractivity contribution is 6.32. The van der Waals surface area contributed by atoms with Crippen LogP contribution >= 0.6 is 11.6 Å². The highest BCUT2D eigenvalue weighted by Gasteiger charge is 2.14. The summed E-state index contributed by atoms with van der Waals surface area (Å²) in [6.45, 7) is 6.49. The van der Waals surface area contributed by atoms with Crippen LogP contribution < -0.4 is 9.47 Å². The summed E-state index contributed by atoms with van der Waals surface area (Å²) >= 11 is 6.41. The van der Waals surface area contributed by atoms with E-state index in [1.165, 1.54) is 57.8 Å². The molecular weight excluding hydrogens is 508 g/mol. The minimum atomic E-state index is -0.473. The van der Waals surface area contributed by atoms with Gasteiger partial charge in [0.15, 0.2) is 5.82 Å². The van der Waals surface area contributed by atoms with Crippen molar-refractivity contribution in [3.05, 3.63) is 71.0 Å². The molecule has 0 spiro atoms. The van der Waals surface area contributed by atoms with Gasteiger partial charge in [0.2, 0.25) is 0 Å². The van der Waals surface area contributed by atoms with Crippen LogP contribution in [-0.2, 0) is 6.42 Å². The summed E-state index contributed by atoms with van der Waals surface area (Å²) in [4.78, 5) is 21.8. The van der Waals surface area contributed by atoms with Crippen LogP contribution in [0.3, 0.4) is 0 Å². The third kappa shape index (κ3) is 10.6. The number of hydrogen-bond acceptors (Lipinski definition) is 5. The number of carbonyl (C=O) groups is 1. The van der Waals surface area contributed by atoms with Crippen LogP contribution in [0.1, 0.15) is 107 Å². The molecule has 0 radical (unpaired) electrons. The van der Waals surface area contributed by atoms with Gasteiger partial charge in [-0.15, -0.1) is 0 Å². The zero-order chi connectivity index (χ0) is 27.9. The van der Waals surface area contributed by atoms with Gasteiger partial charge < -0.3 is 9.47 Å². The molecule has 0 fully saturated rings. The van der Waals surface area contributed by atoms with Gasteiger partial charge in [0.25, 0.3) is 0 Å². The maximum atomic E-state index is 12.7. The van der Waals surface area contributed by atoms with E-state index in [0.717, 1.165) is 30.4 Å². The Balaban J connectivity index is 1.49. The van der Waals surface area contributed by atoms with Crippen molar-refractivity contribution >= 4 is 17.6 Å².